The molecule has 1 amide bonds. The molecule has 4 N–H and O–H groups in total. The number of amides is 1. The molecule has 1 aliphatic rings. The molecule has 0 aromatic rings. The fourth-order valence-electron chi connectivity index (χ4n) is 2.30. The van der Waals surface area contributed by atoms with E-state index < -0.39 is 18.0 Å². The lowest BCUT2D eigenvalue weighted by Gasteiger charge is -2.22. The van der Waals surface area contributed by atoms with Gasteiger partial charge in [-0.05, 0) is 44.7 Å². The molecule has 0 spiro atoms. The molecule has 1 saturated heterocycles. The van der Waals surface area contributed by atoms with Gasteiger partial charge < -0.3 is 20.8 Å². The number of hydrogen-bond donors (Lipinski definition) is 4. The molecule has 0 saturated carbocycles. The lowest BCUT2D eigenvalue weighted by atomic mass is 9.94. The van der Waals surface area contributed by atoms with Gasteiger partial charge in [-0.2, -0.15) is 0 Å². The van der Waals surface area contributed by atoms with E-state index in [2.05, 4.69) is 10.6 Å². The third-order valence-corrected chi connectivity index (χ3v) is 3.46. The predicted molar refractivity (Wildman–Crippen MR) is 71.3 cm³/mol. The van der Waals surface area contributed by atoms with Crippen molar-refractivity contribution in [2.24, 2.45) is 5.92 Å². The second-order valence-corrected chi connectivity index (χ2v) is 5.14. The third kappa shape index (κ3) is 6.51. The van der Waals surface area contributed by atoms with Gasteiger partial charge >= 0.3 is 11.9 Å². The van der Waals surface area contributed by atoms with Crippen molar-refractivity contribution in [3.05, 3.63) is 0 Å². The monoisotopic (exact) mass is 286 g/mol. The lowest BCUT2D eigenvalue weighted by Crippen LogP contribution is -2.41. The Morgan fingerprint density at radius 2 is 2.00 bits per heavy atom. The first-order chi connectivity index (χ1) is 9.49. The second-order valence-electron chi connectivity index (χ2n) is 5.14. The molecule has 0 aromatic heterocycles. The highest BCUT2D eigenvalue weighted by Gasteiger charge is 2.21. The van der Waals surface area contributed by atoms with E-state index in [0.29, 0.717) is 5.92 Å². The van der Waals surface area contributed by atoms with E-state index in [4.69, 9.17) is 10.2 Å². The molecule has 0 bridgehead atoms. The summed E-state index contributed by atoms with van der Waals surface area (Å²) in [5, 5.41) is 23.1. The maximum Gasteiger partial charge on any atom is 0.326 e. The smallest absolute Gasteiger partial charge is 0.326 e. The van der Waals surface area contributed by atoms with Crippen LogP contribution in [0, 0.1) is 5.92 Å². The van der Waals surface area contributed by atoms with E-state index >= 15 is 0 Å². The highest BCUT2D eigenvalue weighted by atomic mass is 16.4. The molecule has 0 aliphatic carbocycles. The van der Waals surface area contributed by atoms with Crippen molar-refractivity contribution in [1.82, 2.24) is 10.6 Å². The molecule has 1 aliphatic heterocycles. The third-order valence-electron chi connectivity index (χ3n) is 3.46. The number of carbonyl (C=O) groups excluding carboxylic acids is 1. The van der Waals surface area contributed by atoms with Gasteiger partial charge in [0.1, 0.15) is 6.04 Å². The van der Waals surface area contributed by atoms with Crippen molar-refractivity contribution >= 4 is 17.8 Å². The number of aliphatic carboxylic acids is 2. The first kappa shape index (κ1) is 16.4. The van der Waals surface area contributed by atoms with Crippen LogP contribution in [0.25, 0.3) is 0 Å². The van der Waals surface area contributed by atoms with E-state index in [1.165, 1.54) is 0 Å². The predicted octanol–water partition coefficient (Wildman–Crippen LogP) is 0.200. The summed E-state index contributed by atoms with van der Waals surface area (Å²) in [4.78, 5) is 33.1. The van der Waals surface area contributed by atoms with Crippen LogP contribution in [0.4, 0.5) is 0 Å². The highest BCUT2D eigenvalue weighted by molar-refractivity contribution is 5.83. The molecule has 20 heavy (non-hydrogen) atoms. The zero-order valence-electron chi connectivity index (χ0n) is 11.4. The van der Waals surface area contributed by atoms with Crippen molar-refractivity contribution < 1.29 is 24.6 Å². The van der Waals surface area contributed by atoms with E-state index in [1.54, 1.807) is 0 Å². The average molecular weight is 286 g/mol. The first-order valence-electron chi connectivity index (χ1n) is 6.93. The van der Waals surface area contributed by atoms with Gasteiger partial charge in [0.2, 0.25) is 5.91 Å². The van der Waals surface area contributed by atoms with Gasteiger partial charge in [-0.25, -0.2) is 4.79 Å². The molecule has 1 unspecified atom stereocenters. The van der Waals surface area contributed by atoms with Crippen LogP contribution in [0.2, 0.25) is 0 Å². The summed E-state index contributed by atoms with van der Waals surface area (Å²) < 4.78 is 0. The lowest BCUT2D eigenvalue weighted by molar-refractivity contribution is -0.143. The Morgan fingerprint density at radius 3 is 2.55 bits per heavy atom. The van der Waals surface area contributed by atoms with Gasteiger partial charge in [0.15, 0.2) is 0 Å². The van der Waals surface area contributed by atoms with Gasteiger partial charge in [0, 0.05) is 12.8 Å². The van der Waals surface area contributed by atoms with E-state index in [1.807, 2.05) is 0 Å². The summed E-state index contributed by atoms with van der Waals surface area (Å²) in [6, 6.07) is -1.12. The quantitative estimate of drug-likeness (QED) is 0.506. The van der Waals surface area contributed by atoms with Gasteiger partial charge in [-0.3, -0.25) is 9.59 Å². The fraction of sp³-hybridized carbons (Fsp3) is 0.769. The summed E-state index contributed by atoms with van der Waals surface area (Å²) in [6.45, 7) is 1.91. The molecular formula is C13H22N2O5. The number of carboxylic acid groups (broad SMARTS) is 2. The van der Waals surface area contributed by atoms with Crippen molar-refractivity contribution in [2.75, 3.05) is 13.1 Å². The van der Waals surface area contributed by atoms with Gasteiger partial charge in [-0.15, -0.1) is 0 Å². The Balaban J connectivity index is 2.29. The van der Waals surface area contributed by atoms with Crippen molar-refractivity contribution in [3.8, 4) is 0 Å². The Kier molecular flexibility index (Phi) is 7.00. The summed E-state index contributed by atoms with van der Waals surface area (Å²) >= 11 is 0. The van der Waals surface area contributed by atoms with Crippen LogP contribution in [0.1, 0.15) is 38.5 Å². The molecule has 1 rings (SSSR count). The van der Waals surface area contributed by atoms with E-state index in [9.17, 15) is 14.4 Å². The van der Waals surface area contributed by atoms with Crippen LogP contribution in [0.5, 0.6) is 0 Å². The minimum atomic E-state index is -1.20. The minimum absolute atomic E-state index is 0.0958. The highest BCUT2D eigenvalue weighted by Crippen LogP contribution is 2.15. The van der Waals surface area contributed by atoms with Crippen LogP contribution < -0.4 is 10.6 Å². The van der Waals surface area contributed by atoms with Gasteiger partial charge in [0.05, 0.1) is 0 Å². The zero-order valence-corrected chi connectivity index (χ0v) is 11.4. The molecule has 1 fully saturated rings. The SMILES string of the molecule is O=C(O)CC[C@H](NC(=O)CCC1CCCNC1)C(=O)O. The van der Waals surface area contributed by atoms with E-state index in [0.717, 1.165) is 32.4 Å². The number of rotatable bonds is 8. The van der Waals surface area contributed by atoms with Crippen LogP contribution in [0.3, 0.4) is 0 Å². The largest absolute Gasteiger partial charge is 0.481 e. The summed E-state index contributed by atoms with van der Waals surface area (Å²) in [5.41, 5.74) is 0. The maximum absolute atomic E-state index is 11.7. The minimum Gasteiger partial charge on any atom is -0.481 e. The fourth-order valence-corrected chi connectivity index (χ4v) is 2.30. The van der Waals surface area contributed by atoms with Crippen molar-refractivity contribution in [3.63, 3.8) is 0 Å². The van der Waals surface area contributed by atoms with Crippen molar-refractivity contribution in [2.45, 2.75) is 44.6 Å². The zero-order chi connectivity index (χ0) is 15.0. The first-order valence-corrected chi connectivity index (χ1v) is 6.93. The van der Waals surface area contributed by atoms with Crippen LogP contribution in [0.15, 0.2) is 0 Å². The topological polar surface area (TPSA) is 116 Å². The molecule has 1 heterocycles. The Morgan fingerprint density at radius 1 is 1.25 bits per heavy atom. The number of hydrogen-bond acceptors (Lipinski definition) is 4. The molecule has 114 valence electrons. The van der Waals surface area contributed by atoms with Crippen LogP contribution in [-0.2, 0) is 14.4 Å². The molecule has 7 nitrogen and oxygen atoms in total. The van der Waals surface area contributed by atoms with E-state index in [-0.39, 0.29) is 25.2 Å². The number of nitrogens with one attached hydrogen (secondary N) is 2. The summed E-state index contributed by atoms with van der Waals surface area (Å²) in [7, 11) is 0. The standard InChI is InChI=1S/C13H22N2O5/c16-11(5-3-9-2-1-7-14-8-9)15-10(13(19)20)4-6-12(17)18/h9-10,14H,1-8H2,(H,15,16)(H,17,18)(H,19,20)/t9?,10-/m0/s1. The molecule has 0 radical (unpaired) electrons. The molecular weight excluding hydrogens is 264 g/mol. The summed E-state index contributed by atoms with van der Waals surface area (Å²) in [6.07, 6.45) is 2.82. The molecule has 0 aromatic carbocycles. The Bertz CT molecular complexity index is 353. The van der Waals surface area contributed by atoms with Gasteiger partial charge in [0.25, 0.3) is 0 Å². The van der Waals surface area contributed by atoms with Gasteiger partial charge in [-0.1, -0.05) is 0 Å². The Hall–Kier alpha value is -1.63. The average Bonchev–Trinajstić information content (AvgIpc) is 2.41. The second kappa shape index (κ2) is 8.52. The number of piperidine rings is 1. The number of carboxylic acids is 2. The molecule has 7 heteroatoms. The number of carbonyl (C=O) groups is 3. The van der Waals surface area contributed by atoms with Crippen LogP contribution >= 0.6 is 0 Å². The maximum atomic E-state index is 11.7. The van der Waals surface area contributed by atoms with Crippen LogP contribution in [-0.4, -0.2) is 47.2 Å². The Labute approximate surface area is 117 Å². The normalized spacial score (nSPS) is 20.1. The molecule has 2 atom stereocenters. The summed E-state index contributed by atoms with van der Waals surface area (Å²) in [5.74, 6) is -2.14. The van der Waals surface area contributed by atoms with Crippen molar-refractivity contribution in [1.29, 1.82) is 0 Å².